The Morgan fingerprint density at radius 2 is 1.89 bits per heavy atom. The van der Waals surface area contributed by atoms with Crippen LogP contribution in [0.15, 0.2) is 29.3 Å². The van der Waals surface area contributed by atoms with Gasteiger partial charge in [-0.15, -0.1) is 0 Å². The Labute approximate surface area is 111 Å². The quantitative estimate of drug-likeness (QED) is 0.536. The lowest BCUT2D eigenvalue weighted by Gasteiger charge is -2.22. The van der Waals surface area contributed by atoms with Crippen molar-refractivity contribution in [3.05, 3.63) is 29.8 Å². The molecule has 1 aromatic rings. The van der Waals surface area contributed by atoms with E-state index in [0.29, 0.717) is 0 Å². The predicted octanol–water partition coefficient (Wildman–Crippen LogP) is 4.47. The number of hydrogen-bond acceptors (Lipinski definition) is 2. The molecule has 0 aromatic heterocycles. The van der Waals surface area contributed by atoms with Crippen LogP contribution in [-0.4, -0.2) is 18.4 Å². The van der Waals surface area contributed by atoms with Crippen LogP contribution in [0.5, 0.6) is 5.75 Å². The molecule has 18 heavy (non-hydrogen) atoms. The summed E-state index contributed by atoms with van der Waals surface area (Å²) in [6.45, 7) is 9.28. The van der Waals surface area contributed by atoms with E-state index in [1.165, 1.54) is 12.8 Å². The zero-order valence-electron chi connectivity index (χ0n) is 12.1. The van der Waals surface area contributed by atoms with Crippen LogP contribution >= 0.6 is 0 Å². The van der Waals surface area contributed by atoms with Gasteiger partial charge in [0.25, 0.3) is 0 Å². The molecule has 0 amide bonds. The van der Waals surface area contributed by atoms with Crippen LogP contribution < -0.4 is 4.74 Å². The third kappa shape index (κ3) is 5.85. The normalized spacial score (nSPS) is 12.0. The van der Waals surface area contributed by atoms with Gasteiger partial charge in [0.2, 0.25) is 0 Å². The zero-order chi connectivity index (χ0) is 13.4. The highest BCUT2D eigenvalue weighted by Gasteiger charge is 2.13. The van der Waals surface area contributed by atoms with Crippen molar-refractivity contribution in [2.45, 2.75) is 52.6 Å². The van der Waals surface area contributed by atoms with Crippen molar-refractivity contribution in [3.63, 3.8) is 0 Å². The van der Waals surface area contributed by atoms with Crippen LogP contribution in [0.4, 0.5) is 0 Å². The van der Waals surface area contributed by atoms with Crippen molar-refractivity contribution in [2.24, 2.45) is 4.99 Å². The van der Waals surface area contributed by atoms with E-state index < -0.39 is 0 Å². The first-order valence-corrected chi connectivity index (χ1v) is 6.81. The van der Waals surface area contributed by atoms with Crippen LogP contribution in [0, 0.1) is 0 Å². The lowest BCUT2D eigenvalue weighted by atomic mass is 10.1. The van der Waals surface area contributed by atoms with Gasteiger partial charge in [-0.2, -0.15) is 0 Å². The van der Waals surface area contributed by atoms with Crippen molar-refractivity contribution in [2.75, 3.05) is 6.54 Å². The molecule has 1 aromatic carbocycles. The fourth-order valence-electron chi connectivity index (χ4n) is 1.63. The van der Waals surface area contributed by atoms with Crippen LogP contribution in [0.1, 0.15) is 52.5 Å². The average Bonchev–Trinajstić information content (AvgIpc) is 2.29. The minimum Gasteiger partial charge on any atom is -0.487 e. The van der Waals surface area contributed by atoms with Gasteiger partial charge in [-0.3, -0.25) is 4.99 Å². The van der Waals surface area contributed by atoms with E-state index in [1.54, 1.807) is 0 Å². The Kier molecular flexibility index (Phi) is 5.90. The first-order chi connectivity index (χ1) is 8.53. The summed E-state index contributed by atoms with van der Waals surface area (Å²) in [4.78, 5) is 4.46. The van der Waals surface area contributed by atoms with Crippen LogP contribution in [-0.2, 0) is 0 Å². The molecular formula is C16H25NO. The van der Waals surface area contributed by atoms with E-state index >= 15 is 0 Å². The van der Waals surface area contributed by atoms with E-state index in [4.69, 9.17) is 4.74 Å². The number of para-hydroxylation sites is 1. The average molecular weight is 247 g/mol. The summed E-state index contributed by atoms with van der Waals surface area (Å²) in [5.74, 6) is 0.907. The third-order valence-electron chi connectivity index (χ3n) is 2.46. The maximum atomic E-state index is 5.92. The van der Waals surface area contributed by atoms with E-state index in [9.17, 15) is 0 Å². The molecule has 0 saturated carbocycles. The van der Waals surface area contributed by atoms with Gasteiger partial charge in [0.1, 0.15) is 11.4 Å². The fourth-order valence-corrected chi connectivity index (χ4v) is 1.63. The first-order valence-electron chi connectivity index (χ1n) is 6.81. The lowest BCUT2D eigenvalue weighted by molar-refractivity contribution is 0.130. The Morgan fingerprint density at radius 1 is 1.17 bits per heavy atom. The second-order valence-electron chi connectivity index (χ2n) is 5.49. The molecule has 0 saturated heterocycles. The van der Waals surface area contributed by atoms with Crippen LogP contribution in [0.3, 0.4) is 0 Å². The molecule has 0 bridgehead atoms. The molecule has 0 radical (unpaired) electrons. The minimum atomic E-state index is -0.174. The van der Waals surface area contributed by atoms with Crippen molar-refractivity contribution in [3.8, 4) is 5.75 Å². The topological polar surface area (TPSA) is 21.6 Å². The van der Waals surface area contributed by atoms with Gasteiger partial charge in [0.15, 0.2) is 0 Å². The molecule has 0 aliphatic heterocycles. The van der Waals surface area contributed by atoms with E-state index in [2.05, 4.69) is 32.7 Å². The highest BCUT2D eigenvalue weighted by Crippen LogP contribution is 2.21. The van der Waals surface area contributed by atoms with E-state index in [-0.39, 0.29) is 5.60 Å². The fraction of sp³-hybridized carbons (Fsp3) is 0.562. The summed E-state index contributed by atoms with van der Waals surface area (Å²) in [7, 11) is 0. The largest absolute Gasteiger partial charge is 0.487 e. The van der Waals surface area contributed by atoms with Crippen molar-refractivity contribution in [1.29, 1.82) is 0 Å². The van der Waals surface area contributed by atoms with Crippen molar-refractivity contribution in [1.82, 2.24) is 0 Å². The monoisotopic (exact) mass is 247 g/mol. The summed E-state index contributed by atoms with van der Waals surface area (Å²) in [6.07, 6.45) is 5.57. The maximum absolute atomic E-state index is 5.92. The Hall–Kier alpha value is -1.31. The number of unbranched alkanes of at least 4 members (excludes halogenated alkanes) is 2. The van der Waals surface area contributed by atoms with Gasteiger partial charge in [0, 0.05) is 18.3 Å². The smallest absolute Gasteiger partial charge is 0.128 e. The molecule has 0 aliphatic rings. The lowest BCUT2D eigenvalue weighted by Crippen LogP contribution is -2.23. The molecule has 0 fully saturated rings. The number of aliphatic imine (C=N–C) groups is 1. The van der Waals surface area contributed by atoms with E-state index in [0.717, 1.165) is 24.3 Å². The summed E-state index contributed by atoms with van der Waals surface area (Å²) < 4.78 is 5.92. The zero-order valence-corrected chi connectivity index (χ0v) is 12.1. The molecule has 0 heterocycles. The van der Waals surface area contributed by atoms with E-state index in [1.807, 2.05) is 30.5 Å². The van der Waals surface area contributed by atoms with Crippen molar-refractivity contribution >= 4 is 6.21 Å². The van der Waals surface area contributed by atoms with Gasteiger partial charge in [-0.25, -0.2) is 0 Å². The molecule has 0 N–H and O–H groups in total. The second-order valence-corrected chi connectivity index (χ2v) is 5.49. The van der Waals surface area contributed by atoms with Gasteiger partial charge in [-0.05, 0) is 39.3 Å². The molecule has 0 unspecified atom stereocenters. The first kappa shape index (κ1) is 14.7. The SMILES string of the molecule is CCCCC/N=C/c1ccccc1OC(C)(C)C. The number of rotatable bonds is 6. The summed E-state index contributed by atoms with van der Waals surface area (Å²) in [6, 6.07) is 8.06. The molecular weight excluding hydrogens is 222 g/mol. The third-order valence-corrected chi connectivity index (χ3v) is 2.46. The molecule has 100 valence electrons. The molecule has 2 heteroatoms. The van der Waals surface area contributed by atoms with Gasteiger partial charge < -0.3 is 4.74 Å². The molecule has 1 rings (SSSR count). The van der Waals surface area contributed by atoms with Gasteiger partial charge in [0.05, 0.1) is 0 Å². The number of nitrogens with zero attached hydrogens (tertiary/aromatic N) is 1. The minimum absolute atomic E-state index is 0.174. The molecule has 0 aliphatic carbocycles. The summed E-state index contributed by atoms with van der Waals surface area (Å²) in [5, 5.41) is 0. The predicted molar refractivity (Wildman–Crippen MR) is 78.8 cm³/mol. The Morgan fingerprint density at radius 3 is 2.56 bits per heavy atom. The van der Waals surface area contributed by atoms with Gasteiger partial charge in [-0.1, -0.05) is 31.9 Å². The van der Waals surface area contributed by atoms with Crippen LogP contribution in [0.25, 0.3) is 0 Å². The Balaban J connectivity index is 2.64. The van der Waals surface area contributed by atoms with Crippen molar-refractivity contribution < 1.29 is 4.74 Å². The second kappa shape index (κ2) is 7.20. The standard InChI is InChI=1S/C16H25NO/c1-5-6-9-12-17-13-14-10-7-8-11-15(14)18-16(2,3)4/h7-8,10-11,13H,5-6,9,12H2,1-4H3/b17-13+. The van der Waals surface area contributed by atoms with Crippen LogP contribution in [0.2, 0.25) is 0 Å². The number of benzene rings is 1. The Bertz CT molecular complexity index is 377. The summed E-state index contributed by atoms with van der Waals surface area (Å²) in [5.41, 5.74) is 0.885. The molecule has 0 spiro atoms. The number of hydrogen-bond donors (Lipinski definition) is 0. The highest BCUT2D eigenvalue weighted by atomic mass is 16.5. The van der Waals surface area contributed by atoms with Gasteiger partial charge >= 0.3 is 0 Å². The molecule has 2 nitrogen and oxygen atoms in total. The molecule has 0 atom stereocenters. The number of ether oxygens (including phenoxy) is 1. The maximum Gasteiger partial charge on any atom is 0.128 e. The highest BCUT2D eigenvalue weighted by molar-refractivity contribution is 5.83. The summed E-state index contributed by atoms with van der Waals surface area (Å²) >= 11 is 0.